The van der Waals surface area contributed by atoms with Crippen LogP contribution in [-0.2, 0) is 14.3 Å². The Hall–Kier alpha value is -1.01. The molecular weight excluding hydrogens is 315 g/mol. The molecule has 0 radical (unpaired) electrons. The molecule has 2 unspecified atom stereocenters. The first-order valence-corrected chi connectivity index (χ1v) is 7.47. The van der Waals surface area contributed by atoms with Crippen molar-refractivity contribution in [3.05, 3.63) is 22.2 Å². The maximum Gasteiger partial charge on any atom is 0.253 e. The predicted octanol–water partition coefficient (Wildman–Crippen LogP) is 2.96. The van der Waals surface area contributed by atoms with Crippen molar-refractivity contribution >= 4 is 40.5 Å². The summed E-state index contributed by atoms with van der Waals surface area (Å²) < 4.78 is 10.8. The fourth-order valence-corrected chi connectivity index (χ4v) is 2.61. The Morgan fingerprint density at radius 2 is 2.19 bits per heavy atom. The van der Waals surface area contributed by atoms with Gasteiger partial charge in [0, 0.05) is 18.2 Å². The average Bonchev–Trinajstić information content (AvgIpc) is 2.93. The summed E-state index contributed by atoms with van der Waals surface area (Å²) >= 11 is 12.1. The second-order valence-corrected chi connectivity index (χ2v) is 5.87. The number of rotatable bonds is 5. The summed E-state index contributed by atoms with van der Waals surface area (Å²) in [6.07, 6.45) is 0.361. The van der Waals surface area contributed by atoms with Crippen LogP contribution in [0.3, 0.4) is 0 Å². The van der Waals surface area contributed by atoms with E-state index in [1.165, 1.54) is 12.1 Å². The van der Waals surface area contributed by atoms with Crippen molar-refractivity contribution in [2.75, 3.05) is 30.9 Å². The molecule has 3 N–H and O–H groups in total. The first-order valence-electron chi connectivity index (χ1n) is 6.72. The van der Waals surface area contributed by atoms with Crippen molar-refractivity contribution in [1.82, 2.24) is 0 Å². The number of amides is 1. The number of nitrogen functional groups attached to an aromatic ring is 1. The van der Waals surface area contributed by atoms with Crippen molar-refractivity contribution in [2.24, 2.45) is 5.92 Å². The topological polar surface area (TPSA) is 73.6 Å². The largest absolute Gasteiger partial charge is 0.399 e. The molecule has 0 aromatic heterocycles. The lowest BCUT2D eigenvalue weighted by molar-refractivity contribution is -0.127. The van der Waals surface area contributed by atoms with E-state index in [4.69, 9.17) is 38.4 Å². The summed E-state index contributed by atoms with van der Waals surface area (Å²) in [5, 5.41) is 3.26. The van der Waals surface area contributed by atoms with Gasteiger partial charge in [-0.05, 0) is 25.5 Å². The number of carbonyl (C=O) groups is 1. The van der Waals surface area contributed by atoms with Crippen LogP contribution in [0.25, 0.3) is 0 Å². The molecule has 0 spiro atoms. The Morgan fingerprint density at radius 1 is 1.52 bits per heavy atom. The van der Waals surface area contributed by atoms with Gasteiger partial charge in [-0.25, -0.2) is 0 Å². The molecule has 1 aromatic carbocycles. The van der Waals surface area contributed by atoms with Gasteiger partial charge in [-0.1, -0.05) is 23.2 Å². The molecule has 0 bridgehead atoms. The zero-order chi connectivity index (χ0) is 15.4. The number of benzene rings is 1. The summed E-state index contributed by atoms with van der Waals surface area (Å²) in [6, 6.07) is 3.06. The lowest BCUT2D eigenvalue weighted by Crippen LogP contribution is -2.29. The van der Waals surface area contributed by atoms with Gasteiger partial charge < -0.3 is 20.5 Å². The number of anilines is 2. The number of nitrogens with two attached hydrogens (primary N) is 1. The molecule has 7 heteroatoms. The van der Waals surface area contributed by atoms with Crippen LogP contribution in [-0.4, -0.2) is 31.8 Å². The van der Waals surface area contributed by atoms with Gasteiger partial charge in [0.2, 0.25) is 0 Å². The highest BCUT2D eigenvalue weighted by atomic mass is 35.5. The maximum atomic E-state index is 12.1. The van der Waals surface area contributed by atoms with Crippen molar-refractivity contribution in [1.29, 1.82) is 0 Å². The molecule has 1 aromatic rings. The smallest absolute Gasteiger partial charge is 0.253 e. The summed E-state index contributed by atoms with van der Waals surface area (Å²) in [5.74, 6) is 0.0476. The summed E-state index contributed by atoms with van der Waals surface area (Å²) in [4.78, 5) is 12.1. The first-order chi connectivity index (χ1) is 9.97. The van der Waals surface area contributed by atoms with Crippen LogP contribution in [0.5, 0.6) is 0 Å². The van der Waals surface area contributed by atoms with Crippen LogP contribution in [0.1, 0.15) is 13.3 Å². The number of hydrogen-bond acceptors (Lipinski definition) is 4. The van der Waals surface area contributed by atoms with Crippen LogP contribution in [0, 0.1) is 5.92 Å². The molecule has 2 atom stereocenters. The third kappa shape index (κ3) is 4.48. The van der Waals surface area contributed by atoms with Crippen LogP contribution >= 0.6 is 23.2 Å². The lowest BCUT2D eigenvalue weighted by Gasteiger charge is -2.17. The molecule has 1 fully saturated rings. The Balaban J connectivity index is 1.91. The third-order valence-electron chi connectivity index (χ3n) is 3.29. The fraction of sp³-hybridized carbons (Fsp3) is 0.500. The van der Waals surface area contributed by atoms with E-state index >= 15 is 0 Å². The minimum absolute atomic E-state index is 0.296. The minimum atomic E-state index is -0.602. The standard InChI is InChI=1S/C14H18Cl2N2O3/c1-8(21-7-9-2-3-20-6-9)14(19)18-13-11(15)4-10(17)5-12(13)16/h4-5,8-9H,2-3,6-7,17H2,1H3,(H,18,19). The first kappa shape index (κ1) is 16.4. The Morgan fingerprint density at radius 3 is 2.76 bits per heavy atom. The second kappa shape index (κ2) is 7.31. The van der Waals surface area contributed by atoms with E-state index < -0.39 is 6.10 Å². The van der Waals surface area contributed by atoms with Crippen molar-refractivity contribution in [2.45, 2.75) is 19.4 Å². The van der Waals surface area contributed by atoms with Gasteiger partial charge in [0.15, 0.2) is 0 Å². The minimum Gasteiger partial charge on any atom is -0.399 e. The van der Waals surface area contributed by atoms with E-state index in [2.05, 4.69) is 5.32 Å². The Kier molecular flexibility index (Phi) is 5.70. The number of ether oxygens (including phenoxy) is 2. The van der Waals surface area contributed by atoms with Crippen LogP contribution in [0.4, 0.5) is 11.4 Å². The number of halogens is 2. The maximum absolute atomic E-state index is 12.1. The molecule has 1 saturated heterocycles. The van der Waals surface area contributed by atoms with E-state index in [0.717, 1.165) is 13.0 Å². The highest BCUT2D eigenvalue weighted by Gasteiger charge is 2.21. The van der Waals surface area contributed by atoms with E-state index in [-0.39, 0.29) is 5.91 Å². The van der Waals surface area contributed by atoms with Gasteiger partial charge in [0.25, 0.3) is 5.91 Å². The van der Waals surface area contributed by atoms with Crippen LogP contribution in [0.2, 0.25) is 10.0 Å². The second-order valence-electron chi connectivity index (χ2n) is 5.05. The van der Waals surface area contributed by atoms with Gasteiger partial charge in [-0.2, -0.15) is 0 Å². The highest BCUT2D eigenvalue weighted by Crippen LogP contribution is 2.32. The quantitative estimate of drug-likeness (QED) is 0.813. The Bertz CT molecular complexity index is 496. The van der Waals surface area contributed by atoms with Crippen LogP contribution in [0.15, 0.2) is 12.1 Å². The van der Waals surface area contributed by atoms with Gasteiger partial charge in [0.05, 0.1) is 28.9 Å². The summed E-state index contributed by atoms with van der Waals surface area (Å²) in [7, 11) is 0. The highest BCUT2D eigenvalue weighted by molar-refractivity contribution is 6.40. The summed E-state index contributed by atoms with van der Waals surface area (Å²) in [6.45, 7) is 3.62. The molecule has 0 aliphatic carbocycles. The monoisotopic (exact) mass is 332 g/mol. The average molecular weight is 333 g/mol. The third-order valence-corrected chi connectivity index (χ3v) is 3.88. The van der Waals surface area contributed by atoms with E-state index in [1.807, 2.05) is 0 Å². The van der Waals surface area contributed by atoms with Crippen LogP contribution < -0.4 is 11.1 Å². The van der Waals surface area contributed by atoms with Crippen molar-refractivity contribution < 1.29 is 14.3 Å². The molecule has 1 heterocycles. The zero-order valence-electron chi connectivity index (χ0n) is 11.7. The molecule has 116 valence electrons. The van der Waals surface area contributed by atoms with Crippen molar-refractivity contribution in [3.63, 3.8) is 0 Å². The van der Waals surface area contributed by atoms with Crippen molar-refractivity contribution in [3.8, 4) is 0 Å². The van der Waals surface area contributed by atoms with Gasteiger partial charge >= 0.3 is 0 Å². The van der Waals surface area contributed by atoms with Gasteiger partial charge in [0.1, 0.15) is 6.10 Å². The lowest BCUT2D eigenvalue weighted by atomic mass is 10.1. The van der Waals surface area contributed by atoms with Gasteiger partial charge in [-0.3, -0.25) is 4.79 Å². The molecule has 1 amide bonds. The number of carbonyl (C=O) groups excluding carboxylic acids is 1. The van der Waals surface area contributed by atoms with E-state index in [9.17, 15) is 4.79 Å². The molecule has 21 heavy (non-hydrogen) atoms. The Labute approximate surface area is 133 Å². The molecule has 1 aliphatic rings. The van der Waals surface area contributed by atoms with E-state index in [0.29, 0.717) is 40.6 Å². The fourth-order valence-electron chi connectivity index (χ4n) is 2.01. The molecule has 2 rings (SSSR count). The SMILES string of the molecule is CC(OCC1CCOC1)C(=O)Nc1c(Cl)cc(N)cc1Cl. The molecule has 5 nitrogen and oxygen atoms in total. The van der Waals surface area contributed by atoms with Gasteiger partial charge in [-0.15, -0.1) is 0 Å². The zero-order valence-corrected chi connectivity index (χ0v) is 13.2. The normalized spacial score (nSPS) is 19.5. The number of nitrogens with one attached hydrogen (secondary N) is 1. The predicted molar refractivity (Wildman–Crippen MR) is 83.8 cm³/mol. The molecule has 1 aliphatic heterocycles. The summed E-state index contributed by atoms with van der Waals surface area (Å²) in [5.41, 5.74) is 6.40. The molecule has 0 saturated carbocycles. The molecular formula is C14H18Cl2N2O3. The number of hydrogen-bond donors (Lipinski definition) is 2. The van der Waals surface area contributed by atoms with E-state index in [1.54, 1.807) is 6.92 Å².